The Kier molecular flexibility index (Phi) is 9.73. The molecule has 0 amide bonds. The van der Waals surface area contributed by atoms with E-state index in [9.17, 15) is 4.89 Å². The Labute approximate surface area is 130 Å². The topological polar surface area (TPSA) is 52.5 Å². The molecular weight excluding hydrogens is 400 g/mol. The lowest BCUT2D eigenvalue weighted by Gasteiger charge is -2.33. The molecule has 14 heteroatoms. The lowest BCUT2D eigenvalue weighted by Crippen LogP contribution is -2.10. The molecule has 0 aliphatic rings. The van der Waals surface area contributed by atoms with Gasteiger partial charge in [-0.2, -0.15) is 0 Å². The highest BCUT2D eigenvalue weighted by Gasteiger charge is 2.30. The molecule has 16 heavy (non-hydrogen) atoms. The standard InChI is InChI=1S/C2H11BO3P3S7/c3-7(5,6-2-1-4)15-9(13,14)16-8(10,11)12/h4H,1-2H2,3H3,(H,13,14)(H2,10,11,12)/q-1. The first-order chi connectivity index (χ1) is 6.97. The molecule has 1 N–H and O–H groups in total. The van der Waals surface area contributed by atoms with Crippen molar-refractivity contribution in [2.45, 2.75) is 0 Å². The van der Waals surface area contributed by atoms with Crippen LogP contribution in [-0.4, -0.2) is 25.9 Å². The van der Waals surface area contributed by atoms with Gasteiger partial charge in [0.2, 0.25) is 0 Å². The minimum Gasteiger partial charge on any atom is -0.683 e. The average molecular weight is 411 g/mol. The molecule has 3 nitrogen and oxygen atoms in total. The number of hydrogen-bond donors (Lipinski definition) is 4. The van der Waals surface area contributed by atoms with Crippen LogP contribution in [0.5, 0.6) is 0 Å². The zero-order chi connectivity index (χ0) is 13.0. The quantitative estimate of drug-likeness (QED) is 0.291. The molecule has 0 aromatic rings. The van der Waals surface area contributed by atoms with Gasteiger partial charge in [0.25, 0.3) is 0 Å². The monoisotopic (exact) mass is 411 g/mol. The van der Waals surface area contributed by atoms with Crippen molar-refractivity contribution < 1.29 is 14.5 Å². The van der Waals surface area contributed by atoms with Crippen LogP contribution in [0, 0.1) is 0 Å². The normalized spacial score (nSPS) is 20.1. The van der Waals surface area contributed by atoms with E-state index < -0.39 is 21.6 Å². The zero-order valence-electron chi connectivity index (χ0n) is 6.99. The predicted molar refractivity (Wildman–Crippen MR) is 101 cm³/mol. The van der Waals surface area contributed by atoms with Gasteiger partial charge in [-0.1, -0.05) is 23.6 Å². The van der Waals surface area contributed by atoms with Gasteiger partial charge in [-0.15, -0.1) is 36.7 Å². The molecule has 0 aliphatic carbocycles. The molecule has 0 saturated heterocycles. The Balaban J connectivity index is 4.46. The highest BCUT2D eigenvalue weighted by Crippen LogP contribution is 2.94. The summed E-state index contributed by atoms with van der Waals surface area (Å²) in [4.78, 5) is 12.0. The second-order valence-electron chi connectivity index (χ2n) is 1.90. The fourth-order valence-electron chi connectivity index (χ4n) is 0.372. The Bertz CT molecular complexity index is 318. The van der Waals surface area contributed by atoms with Crippen LogP contribution in [0.2, 0.25) is 0 Å². The van der Waals surface area contributed by atoms with Crippen LogP contribution >= 0.6 is 72.8 Å². The molecule has 0 saturated carbocycles. The van der Waals surface area contributed by atoms with Gasteiger partial charge in [0, 0.05) is 11.0 Å². The SMILES string of the molecule is [BH3-][P+]([O-])(OCCO)SP(=S)(S)SP(=S)(S)S. The maximum Gasteiger partial charge on any atom is 0.163 e. The number of rotatable bonds is 7. The van der Waals surface area contributed by atoms with E-state index in [1.54, 1.807) is 0 Å². The minimum absolute atomic E-state index is 0.0808. The maximum absolute atomic E-state index is 12.0. The lowest BCUT2D eigenvalue weighted by atomic mass is 10.8. The molecule has 98 valence electrons. The van der Waals surface area contributed by atoms with E-state index in [1.165, 1.54) is 11.0 Å². The third kappa shape index (κ3) is 11.3. The van der Waals surface area contributed by atoms with Crippen LogP contribution in [0.4, 0.5) is 0 Å². The van der Waals surface area contributed by atoms with Gasteiger partial charge in [-0.3, -0.25) is 4.52 Å². The molecule has 0 fully saturated rings. The summed E-state index contributed by atoms with van der Waals surface area (Å²) in [6, 6.07) is 0. The van der Waals surface area contributed by atoms with Crippen molar-refractivity contribution in [3.63, 3.8) is 0 Å². The summed E-state index contributed by atoms with van der Waals surface area (Å²) >= 11 is 25.4. The minimum atomic E-state index is -2.66. The van der Waals surface area contributed by atoms with Gasteiger partial charge in [-0.05, 0) is 17.8 Å². The highest BCUT2D eigenvalue weighted by molar-refractivity contribution is 9.44. The molecule has 0 aromatic carbocycles. The molecule has 0 aromatic heterocycles. The van der Waals surface area contributed by atoms with Crippen molar-refractivity contribution in [1.29, 1.82) is 0 Å². The van der Waals surface area contributed by atoms with Crippen LogP contribution in [0.15, 0.2) is 0 Å². The van der Waals surface area contributed by atoms with Crippen LogP contribution in [-0.2, 0) is 28.1 Å². The summed E-state index contributed by atoms with van der Waals surface area (Å²) in [7, 11) is -0.535. The van der Waals surface area contributed by atoms with E-state index in [4.69, 9.17) is 33.2 Å². The Morgan fingerprint density at radius 3 is 2.31 bits per heavy atom. The summed E-state index contributed by atoms with van der Waals surface area (Å²) < 4.78 is 0.796. The van der Waals surface area contributed by atoms with E-state index in [0.717, 1.165) is 11.0 Å². The number of hydrogen-bond acceptors (Lipinski definition) is 7. The van der Waals surface area contributed by atoms with Crippen LogP contribution in [0.25, 0.3) is 0 Å². The summed E-state index contributed by atoms with van der Waals surface area (Å²) in [5.41, 5.74) is 0. The van der Waals surface area contributed by atoms with Crippen molar-refractivity contribution in [3.8, 4) is 0 Å². The third-order valence-corrected chi connectivity index (χ3v) is 28.1. The van der Waals surface area contributed by atoms with Crippen molar-refractivity contribution in [3.05, 3.63) is 0 Å². The fraction of sp³-hybridized carbons (Fsp3) is 1.00. The second kappa shape index (κ2) is 8.01. The van der Waals surface area contributed by atoms with Crippen LogP contribution in [0.3, 0.4) is 0 Å². The first kappa shape index (κ1) is 19.4. The van der Waals surface area contributed by atoms with E-state index >= 15 is 0 Å². The lowest BCUT2D eigenvalue weighted by molar-refractivity contribution is -0.178. The molecule has 2 unspecified atom stereocenters. The first-order valence-corrected chi connectivity index (χ1v) is 17.5. The number of aliphatic hydroxyl groups excluding tert-OH is 1. The van der Waals surface area contributed by atoms with E-state index in [-0.39, 0.29) is 13.2 Å². The third-order valence-electron chi connectivity index (χ3n) is 0.667. The molecule has 0 radical (unpaired) electrons. The van der Waals surface area contributed by atoms with Crippen LogP contribution < -0.4 is 4.89 Å². The maximum atomic E-state index is 12.0. The smallest absolute Gasteiger partial charge is 0.163 e. The average Bonchev–Trinajstić information content (AvgIpc) is 1.93. The van der Waals surface area contributed by atoms with Gasteiger partial charge >= 0.3 is 0 Å². The predicted octanol–water partition coefficient (Wildman–Crippen LogP) is 2.10. The van der Waals surface area contributed by atoms with E-state index in [0.29, 0.717) is 0 Å². The molecular formula is C2H11BO3P3S7-. The fourth-order valence-corrected chi connectivity index (χ4v) is 44.3. The largest absolute Gasteiger partial charge is 0.683 e. The van der Waals surface area contributed by atoms with Crippen molar-refractivity contribution in [2.24, 2.45) is 0 Å². The molecule has 0 aliphatic heterocycles. The van der Waals surface area contributed by atoms with Gasteiger partial charge in [0.1, 0.15) is 13.9 Å². The summed E-state index contributed by atoms with van der Waals surface area (Å²) in [6.07, 6.45) is 0. The molecule has 0 heterocycles. The van der Waals surface area contributed by atoms with Gasteiger partial charge < -0.3 is 10.00 Å². The van der Waals surface area contributed by atoms with Gasteiger partial charge in [0.15, 0.2) is 7.57 Å². The molecule has 0 spiro atoms. The van der Waals surface area contributed by atoms with Crippen molar-refractivity contribution in [2.75, 3.05) is 13.2 Å². The van der Waals surface area contributed by atoms with E-state index in [2.05, 4.69) is 36.7 Å². The van der Waals surface area contributed by atoms with Crippen molar-refractivity contribution in [1.82, 2.24) is 0 Å². The van der Waals surface area contributed by atoms with Gasteiger partial charge in [-0.25, -0.2) is 0 Å². The number of thiol groups is 3. The summed E-state index contributed by atoms with van der Waals surface area (Å²) in [5, 5.41) is 8.61. The van der Waals surface area contributed by atoms with Crippen molar-refractivity contribution >= 4 is 104 Å². The number of aliphatic hydroxyl groups is 1. The zero-order valence-corrected chi connectivity index (χ0v) is 15.6. The van der Waals surface area contributed by atoms with Crippen LogP contribution in [0.1, 0.15) is 0 Å². The molecule has 0 rings (SSSR count). The Morgan fingerprint density at radius 2 is 1.94 bits per heavy atom. The summed E-state index contributed by atoms with van der Waals surface area (Å²) in [5.74, 6) is 0. The second-order valence-corrected chi connectivity index (χ2v) is 32.7. The van der Waals surface area contributed by atoms with E-state index in [1.807, 2.05) is 0 Å². The molecule has 0 bridgehead atoms. The Hall–Kier alpha value is 3.42. The Morgan fingerprint density at radius 1 is 1.44 bits per heavy atom. The van der Waals surface area contributed by atoms with Gasteiger partial charge in [0.05, 0.1) is 6.61 Å². The summed E-state index contributed by atoms with van der Waals surface area (Å²) in [6.45, 7) is -2.72. The highest BCUT2D eigenvalue weighted by atomic mass is 33.8. The first-order valence-electron chi connectivity index (χ1n) is 3.17. The molecule has 2 atom stereocenters.